The van der Waals surface area contributed by atoms with Crippen LogP contribution >= 0.6 is 11.6 Å². The molecule has 3 rings (SSSR count). The summed E-state index contributed by atoms with van der Waals surface area (Å²) in [4.78, 5) is 18.8. The van der Waals surface area contributed by atoms with Crippen LogP contribution in [-0.4, -0.2) is 29.5 Å². The van der Waals surface area contributed by atoms with Gasteiger partial charge in [0.05, 0.1) is 31.5 Å². The molecular formula is C23H23ClN2O4. The summed E-state index contributed by atoms with van der Waals surface area (Å²) in [5, 5.41) is 0.415. The van der Waals surface area contributed by atoms with E-state index in [9.17, 15) is 4.79 Å². The van der Waals surface area contributed by atoms with E-state index in [1.165, 1.54) is 13.2 Å². The lowest BCUT2D eigenvalue weighted by Crippen LogP contribution is -2.28. The van der Waals surface area contributed by atoms with Gasteiger partial charge in [-0.2, -0.15) is 0 Å². The van der Waals surface area contributed by atoms with Crippen molar-refractivity contribution in [2.24, 2.45) is 0 Å². The number of hydrogen-bond donors (Lipinski definition) is 0. The second-order valence-electron chi connectivity index (χ2n) is 6.44. The summed E-state index contributed by atoms with van der Waals surface area (Å²) in [6.45, 7) is 3.11. The van der Waals surface area contributed by atoms with Gasteiger partial charge in [0.2, 0.25) is 5.91 Å². The van der Waals surface area contributed by atoms with Gasteiger partial charge >= 0.3 is 0 Å². The molecule has 0 aliphatic carbocycles. The van der Waals surface area contributed by atoms with Gasteiger partial charge in [-0.15, -0.1) is 0 Å². The Kier molecular flexibility index (Phi) is 7.51. The number of carbonyl (C=O) groups excluding carboxylic acids is 1. The highest BCUT2D eigenvalue weighted by molar-refractivity contribution is 6.32. The topological polar surface area (TPSA) is 64.8 Å². The first-order valence-corrected chi connectivity index (χ1v) is 9.87. The third-order valence-corrected chi connectivity index (χ3v) is 4.57. The van der Waals surface area contributed by atoms with Gasteiger partial charge in [0, 0.05) is 25.0 Å². The van der Waals surface area contributed by atoms with Crippen molar-refractivity contribution >= 4 is 23.6 Å². The highest BCUT2D eigenvalue weighted by Gasteiger charge is 2.15. The summed E-state index contributed by atoms with van der Waals surface area (Å²) in [7, 11) is 1.54. The van der Waals surface area contributed by atoms with Crippen LogP contribution in [0.3, 0.4) is 0 Å². The molecule has 0 saturated heterocycles. The summed E-state index contributed by atoms with van der Waals surface area (Å²) < 4.78 is 16.3. The van der Waals surface area contributed by atoms with Gasteiger partial charge in [0.1, 0.15) is 5.76 Å². The van der Waals surface area contributed by atoms with E-state index in [2.05, 4.69) is 4.98 Å². The van der Waals surface area contributed by atoms with Crippen LogP contribution in [0, 0.1) is 0 Å². The number of rotatable bonds is 9. The van der Waals surface area contributed by atoms with E-state index in [1.807, 2.05) is 25.1 Å². The Balaban J connectivity index is 1.81. The molecule has 0 spiro atoms. The lowest BCUT2D eigenvalue weighted by atomic mass is 10.1. The van der Waals surface area contributed by atoms with Gasteiger partial charge in [-0.1, -0.05) is 17.7 Å². The van der Waals surface area contributed by atoms with Gasteiger partial charge in [-0.05, 0) is 54.5 Å². The quantitative estimate of drug-likeness (QED) is 0.451. The number of hydrogen-bond acceptors (Lipinski definition) is 5. The predicted molar refractivity (Wildman–Crippen MR) is 115 cm³/mol. The van der Waals surface area contributed by atoms with E-state index in [4.69, 9.17) is 25.5 Å². The zero-order valence-electron chi connectivity index (χ0n) is 16.9. The Morgan fingerprint density at radius 1 is 1.27 bits per heavy atom. The van der Waals surface area contributed by atoms with Crippen LogP contribution in [0.15, 0.2) is 65.5 Å². The molecule has 7 heteroatoms. The summed E-state index contributed by atoms with van der Waals surface area (Å²) >= 11 is 6.30. The highest BCUT2D eigenvalue weighted by Crippen LogP contribution is 2.36. The third-order valence-electron chi connectivity index (χ3n) is 4.29. The Labute approximate surface area is 180 Å². The largest absolute Gasteiger partial charge is 0.491 e. The van der Waals surface area contributed by atoms with Gasteiger partial charge in [0.15, 0.2) is 11.5 Å². The van der Waals surface area contributed by atoms with Crippen LogP contribution in [0.5, 0.6) is 11.5 Å². The van der Waals surface area contributed by atoms with Crippen LogP contribution in [0.4, 0.5) is 0 Å². The van der Waals surface area contributed by atoms with E-state index in [-0.39, 0.29) is 5.91 Å². The smallest absolute Gasteiger partial charge is 0.247 e. The van der Waals surface area contributed by atoms with Crippen molar-refractivity contribution < 1.29 is 18.7 Å². The molecule has 1 amide bonds. The van der Waals surface area contributed by atoms with Gasteiger partial charge in [-0.25, -0.2) is 0 Å². The molecule has 2 heterocycles. The zero-order valence-corrected chi connectivity index (χ0v) is 17.6. The molecule has 0 bridgehead atoms. The molecule has 0 aliphatic heterocycles. The second kappa shape index (κ2) is 10.5. The van der Waals surface area contributed by atoms with Gasteiger partial charge in [-0.3, -0.25) is 9.78 Å². The third kappa shape index (κ3) is 5.64. The highest BCUT2D eigenvalue weighted by atomic mass is 35.5. The van der Waals surface area contributed by atoms with Crippen molar-refractivity contribution in [3.05, 3.63) is 83.0 Å². The van der Waals surface area contributed by atoms with Gasteiger partial charge in [0.25, 0.3) is 0 Å². The van der Waals surface area contributed by atoms with Crippen LogP contribution in [0.25, 0.3) is 6.08 Å². The minimum absolute atomic E-state index is 0.167. The first-order valence-electron chi connectivity index (χ1n) is 9.49. The maximum atomic E-state index is 13.0. The summed E-state index contributed by atoms with van der Waals surface area (Å²) in [5.74, 6) is 1.53. The molecule has 6 nitrogen and oxygen atoms in total. The predicted octanol–water partition coefficient (Wildman–Crippen LogP) is 4.98. The van der Waals surface area contributed by atoms with Crippen molar-refractivity contribution in [2.75, 3.05) is 13.7 Å². The fraction of sp³-hybridized carbons (Fsp3) is 0.217. The average molecular weight is 427 g/mol. The Morgan fingerprint density at radius 2 is 2.13 bits per heavy atom. The SMILES string of the molecule is CCOc1cc(/C=C/C(=O)N(Cc2cccnc2)Cc2ccco2)cc(Cl)c1OC. The van der Waals surface area contributed by atoms with E-state index in [1.54, 1.807) is 47.8 Å². The first-order chi connectivity index (χ1) is 14.6. The summed E-state index contributed by atoms with van der Waals surface area (Å²) in [5.41, 5.74) is 1.66. The van der Waals surface area contributed by atoms with Gasteiger partial charge < -0.3 is 18.8 Å². The molecule has 0 saturated carbocycles. The number of halogens is 1. The van der Waals surface area contributed by atoms with E-state index in [0.29, 0.717) is 42.0 Å². The van der Waals surface area contributed by atoms with Crippen molar-refractivity contribution in [2.45, 2.75) is 20.0 Å². The first kappa shape index (κ1) is 21.5. The summed E-state index contributed by atoms with van der Waals surface area (Å²) in [6, 6.07) is 10.9. The number of furan rings is 1. The maximum absolute atomic E-state index is 13.0. The molecule has 0 fully saturated rings. The number of pyridine rings is 1. The zero-order chi connectivity index (χ0) is 21.3. The van der Waals surface area contributed by atoms with Crippen molar-refractivity contribution in [3.63, 3.8) is 0 Å². The van der Waals surface area contributed by atoms with Crippen LogP contribution in [-0.2, 0) is 17.9 Å². The van der Waals surface area contributed by atoms with Crippen LogP contribution in [0.1, 0.15) is 23.8 Å². The molecule has 0 radical (unpaired) electrons. The number of carbonyl (C=O) groups is 1. The fourth-order valence-corrected chi connectivity index (χ4v) is 3.23. The molecule has 0 unspecified atom stereocenters. The molecule has 2 aromatic heterocycles. The maximum Gasteiger partial charge on any atom is 0.247 e. The minimum atomic E-state index is -0.167. The molecule has 30 heavy (non-hydrogen) atoms. The lowest BCUT2D eigenvalue weighted by Gasteiger charge is -2.20. The Morgan fingerprint density at radius 3 is 2.80 bits per heavy atom. The number of methoxy groups -OCH3 is 1. The lowest BCUT2D eigenvalue weighted by molar-refractivity contribution is -0.127. The van der Waals surface area contributed by atoms with Crippen molar-refractivity contribution in [1.29, 1.82) is 0 Å². The second-order valence-corrected chi connectivity index (χ2v) is 6.84. The molecule has 0 N–H and O–H groups in total. The monoisotopic (exact) mass is 426 g/mol. The van der Waals surface area contributed by atoms with E-state index < -0.39 is 0 Å². The number of ether oxygens (including phenoxy) is 2. The van der Waals surface area contributed by atoms with E-state index >= 15 is 0 Å². The minimum Gasteiger partial charge on any atom is -0.491 e. The molecule has 156 valence electrons. The van der Waals surface area contributed by atoms with Crippen LogP contribution < -0.4 is 9.47 Å². The van der Waals surface area contributed by atoms with Crippen molar-refractivity contribution in [1.82, 2.24) is 9.88 Å². The average Bonchev–Trinajstić information content (AvgIpc) is 3.26. The van der Waals surface area contributed by atoms with Crippen LogP contribution in [0.2, 0.25) is 5.02 Å². The molecule has 0 aliphatic rings. The molecule has 1 aromatic carbocycles. The molecule has 0 atom stereocenters. The number of benzene rings is 1. The summed E-state index contributed by atoms with van der Waals surface area (Å²) in [6.07, 6.45) is 8.24. The normalized spacial score (nSPS) is 10.9. The fourth-order valence-electron chi connectivity index (χ4n) is 2.93. The van der Waals surface area contributed by atoms with Crippen molar-refractivity contribution in [3.8, 4) is 11.5 Å². The number of nitrogens with zero attached hydrogens (tertiary/aromatic N) is 2. The number of aromatic nitrogens is 1. The number of amides is 1. The standard InChI is InChI=1S/C23H23ClN2O4/c1-3-29-21-13-17(12-20(24)23(21)28-2)8-9-22(27)26(16-19-7-5-11-30-19)15-18-6-4-10-25-14-18/h4-14H,3,15-16H2,1-2H3/b9-8+. The Hall–Kier alpha value is -3.25. The molecule has 3 aromatic rings. The van der Waals surface area contributed by atoms with E-state index in [0.717, 1.165) is 11.1 Å². The Bertz CT molecular complexity index is 988. The molecular weight excluding hydrogens is 404 g/mol.